The van der Waals surface area contributed by atoms with Crippen molar-refractivity contribution in [1.29, 1.82) is 0 Å². The molecule has 3 rings (SSSR count). The van der Waals surface area contributed by atoms with Crippen LogP contribution < -0.4 is 5.32 Å². The van der Waals surface area contributed by atoms with Crippen LogP contribution >= 0.6 is 0 Å². The summed E-state index contributed by atoms with van der Waals surface area (Å²) in [7, 11) is 2.14. The smallest absolute Gasteiger partial charge is 0.273 e. The van der Waals surface area contributed by atoms with Crippen molar-refractivity contribution in [1.82, 2.24) is 20.3 Å². The van der Waals surface area contributed by atoms with E-state index in [1.807, 2.05) is 0 Å². The van der Waals surface area contributed by atoms with E-state index in [4.69, 9.17) is 4.52 Å². The Balaban J connectivity index is 1.41. The average Bonchev–Trinajstić information content (AvgIpc) is 3.19. The number of aliphatic hydroxyl groups excluding tert-OH is 1. The lowest BCUT2D eigenvalue weighted by atomic mass is 10.1. The first-order chi connectivity index (χ1) is 11.6. The quantitative estimate of drug-likeness (QED) is 0.801. The molecule has 0 aromatic carbocycles. The maximum absolute atomic E-state index is 12.2. The summed E-state index contributed by atoms with van der Waals surface area (Å²) in [6.07, 6.45) is 4.83. The highest BCUT2D eigenvalue weighted by atomic mass is 16.5. The number of carbonyl (C=O) groups excluding carboxylic acids is 1. The molecule has 0 unspecified atom stereocenters. The molecule has 134 valence electrons. The third kappa shape index (κ3) is 4.55. The minimum atomic E-state index is -0.184. The summed E-state index contributed by atoms with van der Waals surface area (Å²) in [5.74, 6) is 0.534. The largest absolute Gasteiger partial charge is 0.393 e. The highest BCUT2D eigenvalue weighted by Crippen LogP contribution is 2.17. The molecular weight excluding hydrogens is 308 g/mol. The Morgan fingerprint density at radius 2 is 2.17 bits per heavy atom. The molecule has 0 radical (unpaired) electrons. The van der Waals surface area contributed by atoms with Gasteiger partial charge in [0.15, 0.2) is 11.5 Å². The van der Waals surface area contributed by atoms with Crippen LogP contribution in [-0.4, -0.2) is 71.3 Å². The zero-order valence-corrected chi connectivity index (χ0v) is 14.4. The van der Waals surface area contributed by atoms with Crippen molar-refractivity contribution < 1.29 is 14.4 Å². The van der Waals surface area contributed by atoms with Gasteiger partial charge in [0.1, 0.15) is 0 Å². The van der Waals surface area contributed by atoms with Gasteiger partial charge in [-0.25, -0.2) is 0 Å². The van der Waals surface area contributed by atoms with Gasteiger partial charge in [0.25, 0.3) is 5.91 Å². The van der Waals surface area contributed by atoms with Gasteiger partial charge in [-0.1, -0.05) is 5.16 Å². The fraction of sp³-hybridized carbons (Fsp3) is 0.765. The van der Waals surface area contributed by atoms with E-state index < -0.39 is 0 Å². The van der Waals surface area contributed by atoms with Crippen molar-refractivity contribution in [3.8, 4) is 0 Å². The topological polar surface area (TPSA) is 81.8 Å². The number of hydrogen-bond donors (Lipinski definition) is 2. The maximum Gasteiger partial charge on any atom is 0.273 e. The lowest BCUT2D eigenvalue weighted by molar-refractivity contribution is 0.0748. The second-order valence-corrected chi connectivity index (χ2v) is 7.01. The summed E-state index contributed by atoms with van der Waals surface area (Å²) in [6, 6.07) is 2.30. The Hall–Kier alpha value is -1.44. The van der Waals surface area contributed by atoms with Crippen molar-refractivity contribution in [3.63, 3.8) is 0 Å². The number of aliphatic hydroxyl groups is 1. The Morgan fingerprint density at radius 3 is 2.88 bits per heavy atom. The zero-order chi connectivity index (χ0) is 16.9. The molecule has 2 N–H and O–H groups in total. The fourth-order valence-corrected chi connectivity index (χ4v) is 3.58. The van der Waals surface area contributed by atoms with Gasteiger partial charge >= 0.3 is 0 Å². The first-order valence-corrected chi connectivity index (χ1v) is 8.96. The third-order valence-corrected chi connectivity index (χ3v) is 5.16. The normalized spacial score (nSPS) is 23.7. The Bertz CT molecular complexity index is 540. The summed E-state index contributed by atoms with van der Waals surface area (Å²) in [6.45, 7) is 4.15. The lowest BCUT2D eigenvalue weighted by Crippen LogP contribution is -2.35. The number of nitrogens with one attached hydrogen (secondary N) is 1. The van der Waals surface area contributed by atoms with Crippen molar-refractivity contribution in [2.75, 3.05) is 33.2 Å². The molecule has 7 nitrogen and oxygen atoms in total. The molecule has 24 heavy (non-hydrogen) atoms. The monoisotopic (exact) mass is 336 g/mol. The van der Waals surface area contributed by atoms with E-state index in [0.717, 1.165) is 38.9 Å². The number of aromatic nitrogens is 1. The lowest BCUT2D eigenvalue weighted by Gasteiger charge is -2.28. The molecule has 0 spiro atoms. The number of hydrogen-bond acceptors (Lipinski definition) is 6. The van der Waals surface area contributed by atoms with Crippen LogP contribution in [0.4, 0.5) is 0 Å². The van der Waals surface area contributed by atoms with Crippen LogP contribution in [0, 0.1) is 0 Å². The zero-order valence-electron chi connectivity index (χ0n) is 14.4. The average molecular weight is 336 g/mol. The summed E-state index contributed by atoms with van der Waals surface area (Å²) < 4.78 is 5.29. The Labute approximate surface area is 143 Å². The number of amides is 1. The van der Waals surface area contributed by atoms with Gasteiger partial charge in [-0.3, -0.25) is 9.69 Å². The van der Waals surface area contributed by atoms with Crippen molar-refractivity contribution in [2.24, 2.45) is 0 Å². The van der Waals surface area contributed by atoms with Gasteiger partial charge in [0, 0.05) is 31.7 Å². The number of nitrogens with zero attached hydrogens (tertiary/aromatic N) is 3. The standard InChI is InChI=1S/C17H28N4O3/c1-20-8-2-3-13(20)4-7-18-17(23)16-11-15(24-19-16)12-21-9-5-14(22)6-10-21/h11,13-14,22H,2-10,12H2,1H3,(H,18,23)/t13-/m0/s1. The maximum atomic E-state index is 12.2. The number of likely N-dealkylation sites (tertiary alicyclic amines) is 2. The van der Waals surface area contributed by atoms with Crippen LogP contribution in [0.3, 0.4) is 0 Å². The molecule has 2 aliphatic heterocycles. The predicted molar refractivity (Wildman–Crippen MR) is 89.6 cm³/mol. The Morgan fingerprint density at radius 1 is 1.38 bits per heavy atom. The first-order valence-electron chi connectivity index (χ1n) is 8.96. The molecule has 1 atom stereocenters. The SMILES string of the molecule is CN1CCC[C@H]1CCNC(=O)c1cc(CN2CCC(O)CC2)on1. The summed E-state index contributed by atoms with van der Waals surface area (Å²) in [5, 5.41) is 16.4. The van der Waals surface area contributed by atoms with E-state index in [0.29, 0.717) is 30.6 Å². The van der Waals surface area contributed by atoms with Crippen LogP contribution in [0.2, 0.25) is 0 Å². The minimum Gasteiger partial charge on any atom is -0.393 e. The fourth-order valence-electron chi connectivity index (χ4n) is 3.58. The highest BCUT2D eigenvalue weighted by molar-refractivity contribution is 5.92. The van der Waals surface area contributed by atoms with Crippen LogP contribution in [0.25, 0.3) is 0 Å². The second kappa shape index (κ2) is 8.09. The van der Waals surface area contributed by atoms with E-state index in [1.165, 1.54) is 12.8 Å². The van der Waals surface area contributed by atoms with Crippen molar-refractivity contribution in [3.05, 3.63) is 17.5 Å². The molecule has 7 heteroatoms. The van der Waals surface area contributed by atoms with Gasteiger partial charge in [0.2, 0.25) is 0 Å². The summed E-state index contributed by atoms with van der Waals surface area (Å²) >= 11 is 0. The van der Waals surface area contributed by atoms with Gasteiger partial charge in [-0.15, -0.1) is 0 Å². The van der Waals surface area contributed by atoms with Gasteiger partial charge in [-0.05, 0) is 45.7 Å². The highest BCUT2D eigenvalue weighted by Gasteiger charge is 2.22. The molecule has 2 fully saturated rings. The summed E-state index contributed by atoms with van der Waals surface area (Å²) in [4.78, 5) is 16.7. The van der Waals surface area contributed by atoms with E-state index in [9.17, 15) is 9.90 Å². The molecule has 1 aromatic rings. The van der Waals surface area contributed by atoms with Gasteiger partial charge in [-0.2, -0.15) is 0 Å². The summed E-state index contributed by atoms with van der Waals surface area (Å²) in [5.41, 5.74) is 0.349. The van der Waals surface area contributed by atoms with Crippen LogP contribution in [-0.2, 0) is 6.54 Å². The molecule has 1 aromatic heterocycles. The predicted octanol–water partition coefficient (Wildman–Crippen LogP) is 0.845. The third-order valence-electron chi connectivity index (χ3n) is 5.16. The van der Waals surface area contributed by atoms with E-state index in [2.05, 4.69) is 27.3 Å². The van der Waals surface area contributed by atoms with E-state index in [1.54, 1.807) is 6.07 Å². The number of rotatable bonds is 6. The van der Waals surface area contributed by atoms with Crippen LogP contribution in [0.5, 0.6) is 0 Å². The second-order valence-electron chi connectivity index (χ2n) is 7.01. The molecule has 0 aliphatic carbocycles. The first kappa shape index (κ1) is 17.4. The number of piperidine rings is 1. The Kier molecular flexibility index (Phi) is 5.86. The molecule has 2 aliphatic rings. The van der Waals surface area contributed by atoms with Crippen LogP contribution in [0.15, 0.2) is 10.6 Å². The van der Waals surface area contributed by atoms with Gasteiger partial charge < -0.3 is 19.8 Å². The number of carbonyl (C=O) groups is 1. The van der Waals surface area contributed by atoms with Crippen molar-refractivity contribution in [2.45, 2.75) is 50.8 Å². The minimum absolute atomic E-state index is 0.167. The van der Waals surface area contributed by atoms with Crippen LogP contribution in [0.1, 0.15) is 48.4 Å². The molecular formula is C17H28N4O3. The molecule has 2 saturated heterocycles. The molecule has 0 saturated carbocycles. The van der Waals surface area contributed by atoms with E-state index in [-0.39, 0.29) is 12.0 Å². The molecule has 1 amide bonds. The molecule has 3 heterocycles. The molecule has 0 bridgehead atoms. The van der Waals surface area contributed by atoms with E-state index >= 15 is 0 Å². The van der Waals surface area contributed by atoms with Crippen molar-refractivity contribution >= 4 is 5.91 Å². The van der Waals surface area contributed by atoms with Gasteiger partial charge in [0.05, 0.1) is 12.6 Å².